The zero-order valence-electron chi connectivity index (χ0n) is 13.0. The van der Waals surface area contributed by atoms with Gasteiger partial charge in [0.1, 0.15) is 22.8 Å². The zero-order valence-corrected chi connectivity index (χ0v) is 14.6. The van der Waals surface area contributed by atoms with Gasteiger partial charge < -0.3 is 14.0 Å². The van der Waals surface area contributed by atoms with E-state index in [1.54, 1.807) is 43.6 Å². The molecule has 0 aliphatic rings. The highest BCUT2D eigenvalue weighted by Gasteiger charge is 2.12. The van der Waals surface area contributed by atoms with E-state index in [0.717, 1.165) is 38.7 Å². The first-order valence-electron chi connectivity index (χ1n) is 6.85. The summed E-state index contributed by atoms with van der Waals surface area (Å²) in [4.78, 5) is 4.69. The number of ether oxygens (including phenoxy) is 2. The maximum absolute atomic E-state index is 5.45. The number of rotatable bonds is 6. The van der Waals surface area contributed by atoms with Crippen LogP contribution in [-0.4, -0.2) is 34.0 Å². The molecule has 3 rings (SSSR count). The number of hydrogen-bond acceptors (Lipinski definition) is 7. The molecule has 0 saturated carbocycles. The van der Waals surface area contributed by atoms with Crippen molar-refractivity contribution in [3.63, 3.8) is 0 Å². The highest BCUT2D eigenvalue weighted by molar-refractivity contribution is 7.98. The van der Waals surface area contributed by atoms with Crippen molar-refractivity contribution >= 4 is 23.1 Å². The molecule has 0 aliphatic carbocycles. The first-order chi connectivity index (χ1) is 11.2. The van der Waals surface area contributed by atoms with Gasteiger partial charge in [0.05, 0.1) is 25.5 Å². The van der Waals surface area contributed by atoms with Crippen LogP contribution in [0.4, 0.5) is 0 Å². The molecule has 1 aromatic carbocycles. The lowest BCUT2D eigenvalue weighted by Crippen LogP contribution is -1.91. The van der Waals surface area contributed by atoms with Crippen molar-refractivity contribution < 1.29 is 9.47 Å². The van der Waals surface area contributed by atoms with Gasteiger partial charge in [-0.25, -0.2) is 4.98 Å². The number of nitrogens with zero attached hydrogens (tertiary/aromatic N) is 4. The number of benzene rings is 1. The molecule has 0 radical (unpaired) electrons. The lowest BCUT2D eigenvalue weighted by molar-refractivity contribution is 0.395. The summed E-state index contributed by atoms with van der Waals surface area (Å²) >= 11 is 3.21. The van der Waals surface area contributed by atoms with Crippen molar-refractivity contribution in [3.05, 3.63) is 35.6 Å². The number of thioether (sulfide) groups is 1. The van der Waals surface area contributed by atoms with E-state index in [0.29, 0.717) is 0 Å². The Bertz CT molecular complexity index is 800. The zero-order chi connectivity index (χ0) is 16.2. The van der Waals surface area contributed by atoms with Crippen molar-refractivity contribution in [2.24, 2.45) is 7.05 Å². The third-order valence-electron chi connectivity index (χ3n) is 3.21. The first-order valence-corrected chi connectivity index (χ1v) is 8.71. The van der Waals surface area contributed by atoms with Gasteiger partial charge in [-0.2, -0.15) is 0 Å². The van der Waals surface area contributed by atoms with Gasteiger partial charge in [0.25, 0.3) is 0 Å². The summed E-state index contributed by atoms with van der Waals surface area (Å²) in [5.74, 6) is 2.27. The second-order valence-corrected chi connectivity index (χ2v) is 6.52. The molecule has 120 valence electrons. The maximum atomic E-state index is 5.45. The van der Waals surface area contributed by atoms with Gasteiger partial charge in [0.2, 0.25) is 0 Å². The quantitative estimate of drug-likeness (QED) is 0.637. The van der Waals surface area contributed by atoms with Crippen LogP contribution in [0.15, 0.2) is 35.1 Å². The smallest absolute Gasteiger partial charge is 0.191 e. The summed E-state index contributed by atoms with van der Waals surface area (Å²) in [6, 6.07) is 5.74. The second-order valence-electron chi connectivity index (χ2n) is 4.72. The number of hydrogen-bond donors (Lipinski definition) is 0. The fraction of sp³-hybridized carbons (Fsp3) is 0.267. The molecule has 2 aromatic heterocycles. The van der Waals surface area contributed by atoms with E-state index < -0.39 is 0 Å². The Morgan fingerprint density at radius 1 is 1.26 bits per heavy atom. The van der Waals surface area contributed by atoms with Gasteiger partial charge in [0, 0.05) is 24.2 Å². The summed E-state index contributed by atoms with van der Waals surface area (Å²) in [6.45, 7) is 0. The number of thiazole rings is 1. The first kappa shape index (κ1) is 15.8. The van der Waals surface area contributed by atoms with Gasteiger partial charge in [-0.1, -0.05) is 11.8 Å². The van der Waals surface area contributed by atoms with Crippen molar-refractivity contribution in [2.45, 2.75) is 10.9 Å². The SMILES string of the molecule is COc1ccc(-c2nc(CSc3nncn3C)cs2)c(OC)c1. The Labute approximate surface area is 142 Å². The molecule has 0 fully saturated rings. The number of methoxy groups -OCH3 is 2. The minimum Gasteiger partial charge on any atom is -0.497 e. The van der Waals surface area contributed by atoms with Crippen LogP contribution < -0.4 is 9.47 Å². The molecule has 0 atom stereocenters. The number of aromatic nitrogens is 4. The largest absolute Gasteiger partial charge is 0.497 e. The van der Waals surface area contributed by atoms with E-state index >= 15 is 0 Å². The molecule has 0 N–H and O–H groups in total. The van der Waals surface area contributed by atoms with Crippen molar-refractivity contribution in [3.8, 4) is 22.1 Å². The standard InChI is InChI=1S/C15H16N4O2S2/c1-19-9-16-18-15(19)23-8-10-7-22-14(17-10)12-5-4-11(20-2)6-13(12)21-3/h4-7,9H,8H2,1-3H3. The van der Waals surface area contributed by atoms with E-state index in [-0.39, 0.29) is 0 Å². The molecule has 0 saturated heterocycles. The van der Waals surface area contributed by atoms with E-state index in [4.69, 9.17) is 14.5 Å². The Kier molecular flexibility index (Phi) is 4.82. The molecular formula is C15H16N4O2S2. The minimum atomic E-state index is 0.751. The lowest BCUT2D eigenvalue weighted by Gasteiger charge is -2.08. The predicted molar refractivity (Wildman–Crippen MR) is 91.2 cm³/mol. The van der Waals surface area contributed by atoms with E-state index in [2.05, 4.69) is 15.6 Å². The Morgan fingerprint density at radius 3 is 2.83 bits per heavy atom. The normalized spacial score (nSPS) is 10.7. The van der Waals surface area contributed by atoms with E-state index in [1.165, 1.54) is 0 Å². The molecule has 0 unspecified atom stereocenters. The van der Waals surface area contributed by atoms with Crippen LogP contribution in [0.2, 0.25) is 0 Å². The molecule has 0 bridgehead atoms. The average Bonchev–Trinajstić information content (AvgIpc) is 3.21. The highest BCUT2D eigenvalue weighted by Crippen LogP contribution is 2.35. The Hall–Kier alpha value is -2.06. The molecule has 2 heterocycles. The molecule has 0 aliphatic heterocycles. The van der Waals surface area contributed by atoms with Gasteiger partial charge >= 0.3 is 0 Å². The highest BCUT2D eigenvalue weighted by atomic mass is 32.2. The Balaban J connectivity index is 1.78. The van der Waals surface area contributed by atoms with Crippen LogP contribution in [0, 0.1) is 0 Å². The van der Waals surface area contributed by atoms with Crippen LogP contribution in [0.3, 0.4) is 0 Å². The molecule has 6 nitrogen and oxygen atoms in total. The maximum Gasteiger partial charge on any atom is 0.191 e. The summed E-state index contributed by atoms with van der Waals surface area (Å²) < 4.78 is 12.6. The van der Waals surface area contributed by atoms with Gasteiger partial charge in [0.15, 0.2) is 5.16 Å². The molecule has 23 heavy (non-hydrogen) atoms. The van der Waals surface area contributed by atoms with Crippen molar-refractivity contribution in [1.29, 1.82) is 0 Å². The van der Waals surface area contributed by atoms with Gasteiger partial charge in [-0.15, -0.1) is 21.5 Å². The van der Waals surface area contributed by atoms with Gasteiger partial charge in [-0.05, 0) is 12.1 Å². The summed E-state index contributed by atoms with van der Waals surface area (Å²) in [5, 5.41) is 11.8. The lowest BCUT2D eigenvalue weighted by atomic mass is 10.2. The van der Waals surface area contributed by atoms with Crippen molar-refractivity contribution in [2.75, 3.05) is 14.2 Å². The summed E-state index contributed by atoms with van der Waals surface area (Å²) in [5.41, 5.74) is 1.98. The number of aryl methyl sites for hydroxylation is 1. The van der Waals surface area contributed by atoms with E-state index in [9.17, 15) is 0 Å². The summed E-state index contributed by atoms with van der Waals surface area (Å²) in [7, 11) is 5.22. The minimum absolute atomic E-state index is 0.751. The van der Waals surface area contributed by atoms with Crippen LogP contribution in [-0.2, 0) is 12.8 Å². The molecule has 3 aromatic rings. The third-order valence-corrected chi connectivity index (χ3v) is 5.20. The summed E-state index contributed by atoms with van der Waals surface area (Å²) in [6.07, 6.45) is 1.69. The monoisotopic (exact) mass is 348 g/mol. The third kappa shape index (κ3) is 3.48. The topological polar surface area (TPSA) is 62.1 Å². The van der Waals surface area contributed by atoms with Crippen LogP contribution in [0.5, 0.6) is 11.5 Å². The molecule has 8 heteroatoms. The van der Waals surface area contributed by atoms with Crippen LogP contribution >= 0.6 is 23.1 Å². The average molecular weight is 348 g/mol. The predicted octanol–water partition coefficient (Wildman–Crippen LogP) is 3.25. The molecule has 0 amide bonds. The van der Waals surface area contributed by atoms with Crippen LogP contribution in [0.1, 0.15) is 5.69 Å². The molecular weight excluding hydrogens is 332 g/mol. The Morgan fingerprint density at radius 2 is 2.13 bits per heavy atom. The van der Waals surface area contributed by atoms with Crippen LogP contribution in [0.25, 0.3) is 10.6 Å². The fourth-order valence-electron chi connectivity index (χ4n) is 2.01. The molecule has 0 spiro atoms. The fourth-order valence-corrected chi connectivity index (χ4v) is 3.75. The van der Waals surface area contributed by atoms with Crippen molar-refractivity contribution in [1.82, 2.24) is 19.7 Å². The van der Waals surface area contributed by atoms with Gasteiger partial charge in [-0.3, -0.25) is 0 Å². The van der Waals surface area contributed by atoms with E-state index in [1.807, 2.05) is 29.8 Å². The second kappa shape index (κ2) is 7.01.